The normalized spacial score (nSPS) is 13.4. The van der Waals surface area contributed by atoms with Crippen LogP contribution in [0.1, 0.15) is 18.1 Å². The fourth-order valence-electron chi connectivity index (χ4n) is 2.45. The van der Waals surface area contributed by atoms with Gasteiger partial charge in [0.15, 0.2) is 0 Å². The van der Waals surface area contributed by atoms with Crippen molar-refractivity contribution in [2.45, 2.75) is 13.3 Å². The molecule has 0 aromatic heterocycles. The topological polar surface area (TPSA) is 0 Å². The fourth-order valence-corrected chi connectivity index (χ4v) is 2.93. The van der Waals surface area contributed by atoms with Crippen molar-refractivity contribution in [2.75, 3.05) is 0 Å². The lowest BCUT2D eigenvalue weighted by Crippen LogP contribution is -1.90. The van der Waals surface area contributed by atoms with Gasteiger partial charge < -0.3 is 0 Å². The van der Waals surface area contributed by atoms with E-state index < -0.39 is 0 Å². The van der Waals surface area contributed by atoms with Crippen LogP contribution >= 0.6 is 15.9 Å². The molecule has 0 amide bonds. The molecule has 0 bridgehead atoms. The summed E-state index contributed by atoms with van der Waals surface area (Å²) in [6.45, 7) is 2.20. The van der Waals surface area contributed by atoms with Gasteiger partial charge in [-0.15, -0.1) is 0 Å². The second-order valence-corrected chi connectivity index (χ2v) is 5.47. The highest BCUT2D eigenvalue weighted by atomic mass is 79.9. The zero-order valence-corrected chi connectivity index (χ0v) is 11.3. The van der Waals surface area contributed by atoms with E-state index in [2.05, 4.69) is 71.4 Å². The summed E-state index contributed by atoms with van der Waals surface area (Å²) in [6.07, 6.45) is 3.36. The molecular weight excluding hydrogens is 272 g/mol. The van der Waals surface area contributed by atoms with Crippen LogP contribution in [0.15, 0.2) is 52.5 Å². The summed E-state index contributed by atoms with van der Waals surface area (Å²) in [5, 5.41) is 0. The number of allylic oxidation sites excluding steroid dienone is 1. The van der Waals surface area contributed by atoms with Crippen LogP contribution in [0.3, 0.4) is 0 Å². The molecule has 2 aromatic rings. The second-order valence-electron chi connectivity index (χ2n) is 4.55. The van der Waals surface area contributed by atoms with Crippen LogP contribution < -0.4 is 0 Å². The van der Waals surface area contributed by atoms with Gasteiger partial charge in [0.1, 0.15) is 0 Å². The lowest BCUT2D eigenvalue weighted by atomic mass is 9.96. The van der Waals surface area contributed by atoms with E-state index in [1.54, 1.807) is 0 Å². The maximum atomic E-state index is 3.60. The number of benzene rings is 2. The van der Waals surface area contributed by atoms with Crippen LogP contribution in [-0.2, 0) is 6.42 Å². The minimum absolute atomic E-state index is 1.08. The van der Waals surface area contributed by atoms with Gasteiger partial charge in [-0.25, -0.2) is 0 Å². The van der Waals surface area contributed by atoms with E-state index in [0.29, 0.717) is 0 Å². The summed E-state index contributed by atoms with van der Waals surface area (Å²) in [6, 6.07) is 15.0. The molecule has 0 nitrogen and oxygen atoms in total. The Morgan fingerprint density at radius 1 is 1.06 bits per heavy atom. The molecule has 1 aliphatic rings. The van der Waals surface area contributed by atoms with Crippen molar-refractivity contribution in [3.05, 3.63) is 63.6 Å². The molecule has 17 heavy (non-hydrogen) atoms. The summed E-state index contributed by atoms with van der Waals surface area (Å²) in [7, 11) is 0. The van der Waals surface area contributed by atoms with Crippen molar-refractivity contribution in [1.82, 2.24) is 0 Å². The molecular formula is C16H13Br. The largest absolute Gasteiger partial charge is 0.0683 e. The molecule has 1 heteroatoms. The van der Waals surface area contributed by atoms with E-state index in [9.17, 15) is 0 Å². The van der Waals surface area contributed by atoms with Crippen LogP contribution in [0.2, 0.25) is 0 Å². The Hall–Kier alpha value is -1.34. The van der Waals surface area contributed by atoms with E-state index in [1.807, 2.05) is 0 Å². The zero-order valence-electron chi connectivity index (χ0n) is 9.70. The molecule has 0 saturated heterocycles. The number of hydrogen-bond donors (Lipinski definition) is 0. The zero-order chi connectivity index (χ0) is 11.8. The predicted molar refractivity (Wildman–Crippen MR) is 76.9 cm³/mol. The van der Waals surface area contributed by atoms with Crippen molar-refractivity contribution >= 4 is 22.0 Å². The molecule has 0 aliphatic heterocycles. The number of rotatable bonds is 1. The van der Waals surface area contributed by atoms with Crippen molar-refractivity contribution in [3.63, 3.8) is 0 Å². The van der Waals surface area contributed by atoms with Gasteiger partial charge in [0.25, 0.3) is 0 Å². The highest BCUT2D eigenvalue weighted by Crippen LogP contribution is 2.36. The van der Waals surface area contributed by atoms with E-state index >= 15 is 0 Å². The SMILES string of the molecule is CC1=Cc2cc(Br)cc(-c3ccccc3)c2C1. The summed E-state index contributed by atoms with van der Waals surface area (Å²) in [5.74, 6) is 0. The number of fused-ring (bicyclic) bond motifs is 1. The van der Waals surface area contributed by atoms with Gasteiger partial charge in [0.2, 0.25) is 0 Å². The lowest BCUT2D eigenvalue weighted by molar-refractivity contribution is 1.19. The first-order valence-corrected chi connectivity index (χ1v) is 6.58. The van der Waals surface area contributed by atoms with Crippen molar-refractivity contribution < 1.29 is 0 Å². The molecule has 0 atom stereocenters. The Kier molecular flexibility index (Phi) is 2.64. The van der Waals surface area contributed by atoms with Gasteiger partial charge in [-0.05, 0) is 47.7 Å². The lowest BCUT2D eigenvalue weighted by Gasteiger charge is -2.10. The standard InChI is InChI=1S/C16H13Br/c1-11-7-13-9-14(17)10-16(15(13)8-11)12-5-3-2-4-6-12/h2-7,9-10H,8H2,1H3. The Morgan fingerprint density at radius 3 is 2.59 bits per heavy atom. The molecule has 84 valence electrons. The third-order valence-electron chi connectivity index (χ3n) is 3.19. The Bertz CT molecular complexity index is 594. The van der Waals surface area contributed by atoms with Crippen LogP contribution in [0.5, 0.6) is 0 Å². The summed E-state index contributed by atoms with van der Waals surface area (Å²) in [5.41, 5.74) is 6.90. The van der Waals surface area contributed by atoms with Gasteiger partial charge in [-0.2, -0.15) is 0 Å². The average Bonchev–Trinajstić information content (AvgIpc) is 2.69. The molecule has 0 fully saturated rings. The number of hydrogen-bond acceptors (Lipinski definition) is 0. The van der Waals surface area contributed by atoms with Crippen LogP contribution in [0, 0.1) is 0 Å². The molecule has 0 unspecified atom stereocenters. The molecule has 0 saturated carbocycles. The molecule has 0 heterocycles. The molecule has 3 rings (SSSR count). The summed E-state index contributed by atoms with van der Waals surface area (Å²) < 4.78 is 1.15. The van der Waals surface area contributed by atoms with Gasteiger partial charge in [-0.1, -0.05) is 57.9 Å². The minimum Gasteiger partial charge on any atom is -0.0683 e. The maximum Gasteiger partial charge on any atom is 0.0187 e. The Morgan fingerprint density at radius 2 is 1.82 bits per heavy atom. The molecule has 1 aliphatic carbocycles. The fraction of sp³-hybridized carbons (Fsp3) is 0.125. The van der Waals surface area contributed by atoms with Crippen molar-refractivity contribution in [3.8, 4) is 11.1 Å². The van der Waals surface area contributed by atoms with Crippen LogP contribution in [0.25, 0.3) is 17.2 Å². The average molecular weight is 285 g/mol. The first-order valence-electron chi connectivity index (χ1n) is 5.79. The van der Waals surface area contributed by atoms with Gasteiger partial charge >= 0.3 is 0 Å². The van der Waals surface area contributed by atoms with E-state index in [0.717, 1.165) is 10.9 Å². The minimum atomic E-state index is 1.08. The first-order chi connectivity index (χ1) is 8.24. The second kappa shape index (κ2) is 4.15. The third-order valence-corrected chi connectivity index (χ3v) is 3.65. The first kappa shape index (κ1) is 10.8. The molecule has 0 radical (unpaired) electrons. The summed E-state index contributed by atoms with van der Waals surface area (Å²) >= 11 is 3.60. The van der Waals surface area contributed by atoms with Crippen molar-refractivity contribution in [2.24, 2.45) is 0 Å². The quantitative estimate of drug-likeness (QED) is 0.685. The number of halogens is 1. The van der Waals surface area contributed by atoms with E-state index in [4.69, 9.17) is 0 Å². The summed E-state index contributed by atoms with van der Waals surface area (Å²) in [4.78, 5) is 0. The monoisotopic (exact) mass is 284 g/mol. The molecule has 2 aromatic carbocycles. The Balaban J connectivity index is 2.21. The van der Waals surface area contributed by atoms with Crippen molar-refractivity contribution in [1.29, 1.82) is 0 Å². The van der Waals surface area contributed by atoms with Crippen LogP contribution in [-0.4, -0.2) is 0 Å². The highest BCUT2D eigenvalue weighted by molar-refractivity contribution is 9.10. The highest BCUT2D eigenvalue weighted by Gasteiger charge is 2.15. The predicted octanol–water partition coefficient (Wildman–Crippen LogP) is 5.08. The maximum absolute atomic E-state index is 3.60. The third kappa shape index (κ3) is 1.96. The molecule has 0 spiro atoms. The van der Waals surface area contributed by atoms with E-state index in [1.165, 1.54) is 27.8 Å². The smallest absolute Gasteiger partial charge is 0.0187 e. The molecule has 0 N–H and O–H groups in total. The van der Waals surface area contributed by atoms with Gasteiger partial charge in [0.05, 0.1) is 0 Å². The van der Waals surface area contributed by atoms with E-state index in [-0.39, 0.29) is 0 Å². The Labute approximate surface area is 110 Å². The van der Waals surface area contributed by atoms with Gasteiger partial charge in [0, 0.05) is 4.47 Å². The van der Waals surface area contributed by atoms with Crippen LogP contribution in [0.4, 0.5) is 0 Å². The van der Waals surface area contributed by atoms with Gasteiger partial charge in [-0.3, -0.25) is 0 Å².